The van der Waals surface area contributed by atoms with Gasteiger partial charge in [-0.3, -0.25) is 9.59 Å². The van der Waals surface area contributed by atoms with Gasteiger partial charge in [0.15, 0.2) is 12.4 Å². The summed E-state index contributed by atoms with van der Waals surface area (Å²) in [5.74, 6) is -1.23. The van der Waals surface area contributed by atoms with E-state index in [-0.39, 0.29) is 19.4 Å². The number of rotatable bonds is 54. The molecule has 0 aliphatic carbocycles. The average molecular weight is 1130 g/mol. The SMILES string of the molecule is CC/C=C\C/C=C\C/C=C\C/C=C\C/C=C\CCCCCCCCCCCCCC(=O)OC1C(OCC(NC(=O)C(O)CCCCC/C=C/C/C=C/C/C=C/CC)C(O)/C=C/CCCCCCCCCCCC)OC(CO)C(O)C1O. The Morgan fingerprint density at radius 3 is 1.33 bits per heavy atom. The van der Waals surface area contributed by atoms with Gasteiger partial charge in [0.25, 0.3) is 0 Å². The second-order valence-electron chi connectivity index (χ2n) is 22.1. The molecule has 11 nitrogen and oxygen atoms in total. The van der Waals surface area contributed by atoms with Gasteiger partial charge in [0.2, 0.25) is 5.91 Å². The molecule has 1 aliphatic heterocycles. The van der Waals surface area contributed by atoms with Gasteiger partial charge in [-0.1, -0.05) is 259 Å². The minimum atomic E-state index is -1.63. The molecule has 1 aliphatic rings. The number of carbonyl (C=O) groups excluding carboxylic acids is 2. The van der Waals surface area contributed by atoms with Crippen LogP contribution in [0.3, 0.4) is 0 Å². The molecule has 1 fully saturated rings. The Balaban J connectivity index is 2.58. The lowest BCUT2D eigenvalue weighted by Gasteiger charge is -2.41. The van der Waals surface area contributed by atoms with Crippen LogP contribution in [0.15, 0.2) is 109 Å². The number of aliphatic hydroxyl groups is 5. The summed E-state index contributed by atoms with van der Waals surface area (Å²) >= 11 is 0. The summed E-state index contributed by atoms with van der Waals surface area (Å²) < 4.78 is 17.6. The standard InChI is InChI=1S/C70H119NO10/c1-4-7-10-13-16-19-22-25-26-27-28-29-30-31-32-33-34-35-36-37-38-40-43-46-49-52-55-58-65(75)81-68-67(77)66(76)64(59-72)80-70(68)79-60-61(62(73)56-53-50-47-44-41-24-21-18-15-12-9-6-3)71-69(78)63(74)57-54-51-48-45-42-39-23-20-17-14-11-8-5-2/h7-8,10-11,16-17,19-20,25-26,28-29,31-32,39,42,53,56,61-64,66-68,70,72-74,76-77H,4-6,9,12-15,18,21-24,27,30,33-38,40-41,43-52,54-55,57-60H2,1-3H3,(H,71,78)/b10-7-,11-8+,19-16-,20-17+,26-25-,29-28-,32-31-,42-39+,56-53+. The highest BCUT2D eigenvalue weighted by Crippen LogP contribution is 2.26. The fourth-order valence-electron chi connectivity index (χ4n) is 9.57. The summed E-state index contributed by atoms with van der Waals surface area (Å²) in [5, 5.41) is 57.0. The maximum atomic E-state index is 13.4. The maximum absolute atomic E-state index is 13.4. The lowest BCUT2D eigenvalue weighted by Crippen LogP contribution is -2.61. The first-order valence-electron chi connectivity index (χ1n) is 32.7. The lowest BCUT2D eigenvalue weighted by atomic mass is 9.99. The van der Waals surface area contributed by atoms with E-state index in [0.29, 0.717) is 12.8 Å². The minimum absolute atomic E-state index is 0.111. The third kappa shape index (κ3) is 44.5. The third-order valence-electron chi connectivity index (χ3n) is 14.7. The van der Waals surface area contributed by atoms with Crippen LogP contribution in [0.1, 0.15) is 258 Å². The van der Waals surface area contributed by atoms with Crippen LogP contribution in [0.2, 0.25) is 0 Å². The number of allylic oxidation sites excluding steroid dienone is 17. The molecular weight excluding hydrogens is 1010 g/mol. The van der Waals surface area contributed by atoms with Crippen LogP contribution in [0.5, 0.6) is 0 Å². The number of carbonyl (C=O) groups is 2. The molecule has 8 unspecified atom stereocenters. The molecule has 6 N–H and O–H groups in total. The molecule has 11 heteroatoms. The number of esters is 1. The van der Waals surface area contributed by atoms with Crippen LogP contribution in [-0.2, 0) is 23.8 Å². The highest BCUT2D eigenvalue weighted by Gasteiger charge is 2.47. The summed E-state index contributed by atoms with van der Waals surface area (Å²) in [6.45, 7) is 5.54. The molecule has 0 aromatic rings. The molecule has 0 aromatic carbocycles. The molecule has 0 aromatic heterocycles. The van der Waals surface area contributed by atoms with Crippen LogP contribution >= 0.6 is 0 Å². The topological polar surface area (TPSA) is 175 Å². The molecule has 8 atom stereocenters. The zero-order valence-corrected chi connectivity index (χ0v) is 51.4. The van der Waals surface area contributed by atoms with Crippen molar-refractivity contribution in [1.29, 1.82) is 0 Å². The van der Waals surface area contributed by atoms with Gasteiger partial charge < -0.3 is 45.1 Å². The second kappa shape index (κ2) is 56.8. The van der Waals surface area contributed by atoms with E-state index >= 15 is 0 Å². The second-order valence-corrected chi connectivity index (χ2v) is 22.1. The van der Waals surface area contributed by atoms with E-state index in [2.05, 4.69) is 123 Å². The van der Waals surface area contributed by atoms with Crippen LogP contribution in [0.25, 0.3) is 0 Å². The van der Waals surface area contributed by atoms with Crippen LogP contribution in [-0.4, -0.2) is 99.6 Å². The highest BCUT2D eigenvalue weighted by molar-refractivity contribution is 5.80. The summed E-state index contributed by atoms with van der Waals surface area (Å²) in [4.78, 5) is 26.6. The van der Waals surface area contributed by atoms with E-state index in [0.717, 1.165) is 128 Å². The van der Waals surface area contributed by atoms with Crippen molar-refractivity contribution in [3.63, 3.8) is 0 Å². The summed E-state index contributed by atoms with van der Waals surface area (Å²) in [5.41, 5.74) is 0. The van der Waals surface area contributed by atoms with E-state index in [1.807, 2.05) is 6.08 Å². The number of hydrogen-bond acceptors (Lipinski definition) is 10. The van der Waals surface area contributed by atoms with Crippen molar-refractivity contribution in [2.45, 2.75) is 307 Å². The maximum Gasteiger partial charge on any atom is 0.306 e. The minimum Gasteiger partial charge on any atom is -0.454 e. The predicted molar refractivity (Wildman–Crippen MR) is 338 cm³/mol. The zero-order valence-electron chi connectivity index (χ0n) is 51.4. The summed E-state index contributed by atoms with van der Waals surface area (Å²) in [6.07, 6.45) is 67.1. The number of ether oxygens (including phenoxy) is 3. The number of aliphatic hydroxyl groups excluding tert-OH is 5. The van der Waals surface area contributed by atoms with E-state index in [1.54, 1.807) is 6.08 Å². The van der Waals surface area contributed by atoms with Crippen LogP contribution in [0.4, 0.5) is 0 Å². The Labute approximate surface area is 494 Å². The van der Waals surface area contributed by atoms with Crippen LogP contribution in [0, 0.1) is 0 Å². The van der Waals surface area contributed by atoms with Gasteiger partial charge in [0, 0.05) is 6.42 Å². The fraction of sp³-hybridized carbons (Fsp3) is 0.714. The van der Waals surface area contributed by atoms with Gasteiger partial charge in [-0.05, 0) is 103 Å². The quantitative estimate of drug-likeness (QED) is 0.0195. The highest BCUT2D eigenvalue weighted by atomic mass is 16.7. The van der Waals surface area contributed by atoms with Crippen LogP contribution < -0.4 is 5.32 Å². The normalized spacial score (nSPS) is 19.4. The van der Waals surface area contributed by atoms with Crippen molar-refractivity contribution in [1.82, 2.24) is 5.32 Å². The molecule has 1 saturated heterocycles. The molecular formula is C70H119NO10. The Hall–Kier alpha value is -3.68. The molecule has 1 heterocycles. The Kier molecular flexibility index (Phi) is 52.8. The molecule has 0 bridgehead atoms. The number of amides is 1. The molecule has 1 rings (SSSR count). The third-order valence-corrected chi connectivity index (χ3v) is 14.7. The molecule has 1 amide bonds. The van der Waals surface area contributed by atoms with E-state index < -0.39 is 67.4 Å². The van der Waals surface area contributed by atoms with Crippen molar-refractivity contribution in [3.05, 3.63) is 109 Å². The van der Waals surface area contributed by atoms with Gasteiger partial charge >= 0.3 is 5.97 Å². The van der Waals surface area contributed by atoms with Gasteiger partial charge in [-0.25, -0.2) is 0 Å². The average Bonchev–Trinajstić information content (AvgIpc) is 3.51. The van der Waals surface area contributed by atoms with E-state index in [1.165, 1.54) is 83.5 Å². The van der Waals surface area contributed by atoms with E-state index in [4.69, 9.17) is 14.2 Å². The van der Waals surface area contributed by atoms with Gasteiger partial charge in [-0.15, -0.1) is 0 Å². The van der Waals surface area contributed by atoms with Crippen molar-refractivity contribution < 1.29 is 49.3 Å². The number of nitrogens with one attached hydrogen (secondary N) is 1. The first kappa shape index (κ1) is 75.3. The molecule has 0 saturated carbocycles. The van der Waals surface area contributed by atoms with Gasteiger partial charge in [-0.2, -0.15) is 0 Å². The van der Waals surface area contributed by atoms with Crippen molar-refractivity contribution in [2.24, 2.45) is 0 Å². The molecule has 81 heavy (non-hydrogen) atoms. The molecule has 464 valence electrons. The van der Waals surface area contributed by atoms with Crippen molar-refractivity contribution in [3.8, 4) is 0 Å². The van der Waals surface area contributed by atoms with Crippen molar-refractivity contribution >= 4 is 11.9 Å². The monoisotopic (exact) mass is 1130 g/mol. The van der Waals surface area contributed by atoms with Gasteiger partial charge in [0.1, 0.15) is 24.4 Å². The molecule has 0 spiro atoms. The Morgan fingerprint density at radius 2 is 0.889 bits per heavy atom. The van der Waals surface area contributed by atoms with Crippen molar-refractivity contribution in [2.75, 3.05) is 13.2 Å². The largest absolute Gasteiger partial charge is 0.454 e. The Bertz CT molecular complexity index is 1730. The first-order valence-corrected chi connectivity index (χ1v) is 32.7. The first-order chi connectivity index (χ1) is 39.7. The number of hydrogen-bond donors (Lipinski definition) is 6. The van der Waals surface area contributed by atoms with E-state index in [9.17, 15) is 35.1 Å². The predicted octanol–water partition coefficient (Wildman–Crippen LogP) is 16.1. The Morgan fingerprint density at radius 1 is 0.494 bits per heavy atom. The van der Waals surface area contributed by atoms with Gasteiger partial charge in [0.05, 0.1) is 25.4 Å². The summed E-state index contributed by atoms with van der Waals surface area (Å²) in [6, 6.07) is -1.04. The molecule has 0 radical (unpaired) electrons. The lowest BCUT2D eigenvalue weighted by molar-refractivity contribution is -0.305. The zero-order chi connectivity index (χ0) is 58.9. The smallest absolute Gasteiger partial charge is 0.306 e. The number of unbranched alkanes of at least 4 members (excludes halogenated alkanes) is 24. The fourth-order valence-corrected chi connectivity index (χ4v) is 9.57. The summed E-state index contributed by atoms with van der Waals surface area (Å²) in [7, 11) is 0.